The number of benzene rings is 2. The van der Waals surface area contributed by atoms with E-state index in [1.165, 1.54) is 55.6 Å². The fraction of sp³-hybridized carbons (Fsp3) is 0.538. The number of fused-ring (bicyclic) bond motifs is 3. The average molecular weight is 349 g/mol. The van der Waals surface area contributed by atoms with E-state index in [1.54, 1.807) is 11.1 Å². The van der Waals surface area contributed by atoms with Gasteiger partial charge >= 0.3 is 0 Å². The van der Waals surface area contributed by atoms with Crippen LogP contribution in [0.4, 0.5) is 0 Å². The second kappa shape index (κ2) is 5.47. The van der Waals surface area contributed by atoms with E-state index in [-0.39, 0.29) is 10.8 Å². The zero-order valence-electron chi connectivity index (χ0n) is 19.0. The van der Waals surface area contributed by atoms with Crippen LogP contribution in [0.1, 0.15) is 83.3 Å². The van der Waals surface area contributed by atoms with E-state index in [1.807, 2.05) is 0 Å². The fourth-order valence-corrected chi connectivity index (χ4v) is 5.44. The molecule has 0 spiro atoms. The van der Waals surface area contributed by atoms with E-state index < -0.39 is 0 Å². The van der Waals surface area contributed by atoms with Gasteiger partial charge in [-0.25, -0.2) is 0 Å². The summed E-state index contributed by atoms with van der Waals surface area (Å²) in [5.74, 6) is 0. The molecule has 140 valence electrons. The lowest BCUT2D eigenvalue weighted by molar-refractivity contribution is 0.295. The maximum absolute atomic E-state index is 2.46. The summed E-state index contributed by atoms with van der Waals surface area (Å²) in [6.07, 6.45) is 0. The van der Waals surface area contributed by atoms with Crippen LogP contribution in [0, 0.1) is 55.4 Å². The molecule has 0 saturated heterocycles. The summed E-state index contributed by atoms with van der Waals surface area (Å²) in [7, 11) is 0. The van der Waals surface area contributed by atoms with Gasteiger partial charge < -0.3 is 0 Å². The SMILES string of the molecule is Cc1c(C)c(C)c2c(c1C)-c1c(C)c(C)c(C)c(C)c1C(C)(C)C2(C)C. The molecule has 0 N–H and O–H groups in total. The number of hydrogen-bond donors (Lipinski definition) is 0. The minimum atomic E-state index is 0.0849. The summed E-state index contributed by atoms with van der Waals surface area (Å²) < 4.78 is 0. The molecule has 1 aliphatic rings. The van der Waals surface area contributed by atoms with Crippen LogP contribution in [0.15, 0.2) is 0 Å². The largest absolute Gasteiger partial charge is 0.0549 e. The molecule has 2 aromatic carbocycles. The molecule has 0 nitrogen and oxygen atoms in total. The smallest absolute Gasteiger partial charge is 0.000275 e. The first-order valence-electron chi connectivity index (χ1n) is 10.0. The van der Waals surface area contributed by atoms with Gasteiger partial charge in [-0.3, -0.25) is 0 Å². The molecule has 0 aromatic heterocycles. The predicted molar refractivity (Wildman–Crippen MR) is 116 cm³/mol. The highest BCUT2D eigenvalue weighted by molar-refractivity contribution is 5.86. The van der Waals surface area contributed by atoms with Crippen molar-refractivity contribution in [3.63, 3.8) is 0 Å². The quantitative estimate of drug-likeness (QED) is 0.465. The second-order valence-electron chi connectivity index (χ2n) is 9.75. The summed E-state index contributed by atoms with van der Waals surface area (Å²) in [6, 6.07) is 0. The molecule has 0 heterocycles. The van der Waals surface area contributed by atoms with Crippen LogP contribution in [-0.2, 0) is 10.8 Å². The summed E-state index contributed by atoms with van der Waals surface area (Å²) in [5.41, 5.74) is 18.1. The second-order valence-corrected chi connectivity index (χ2v) is 9.75. The van der Waals surface area contributed by atoms with Crippen LogP contribution in [0.3, 0.4) is 0 Å². The van der Waals surface area contributed by atoms with Gasteiger partial charge in [-0.05, 0) is 133 Å². The van der Waals surface area contributed by atoms with Crippen LogP contribution in [0.2, 0.25) is 0 Å². The molecule has 2 aromatic rings. The Morgan fingerprint density at radius 3 is 0.846 bits per heavy atom. The van der Waals surface area contributed by atoms with Gasteiger partial charge in [-0.2, -0.15) is 0 Å². The van der Waals surface area contributed by atoms with Crippen molar-refractivity contribution in [2.45, 2.75) is 93.9 Å². The average Bonchev–Trinajstić information content (AvgIpc) is 2.56. The van der Waals surface area contributed by atoms with E-state index in [2.05, 4.69) is 83.1 Å². The molecule has 0 aliphatic heterocycles. The monoisotopic (exact) mass is 348 g/mol. The zero-order valence-corrected chi connectivity index (χ0v) is 19.0. The Balaban J connectivity index is 2.71. The van der Waals surface area contributed by atoms with E-state index in [0.29, 0.717) is 0 Å². The van der Waals surface area contributed by atoms with E-state index in [0.717, 1.165) is 0 Å². The van der Waals surface area contributed by atoms with E-state index in [4.69, 9.17) is 0 Å². The van der Waals surface area contributed by atoms with Crippen LogP contribution in [-0.4, -0.2) is 0 Å². The van der Waals surface area contributed by atoms with Gasteiger partial charge in [-0.15, -0.1) is 0 Å². The topological polar surface area (TPSA) is 0 Å². The lowest BCUT2D eigenvalue weighted by atomic mass is 9.52. The van der Waals surface area contributed by atoms with Gasteiger partial charge in [0.25, 0.3) is 0 Å². The van der Waals surface area contributed by atoms with Crippen molar-refractivity contribution in [3.8, 4) is 11.1 Å². The lowest BCUT2D eigenvalue weighted by Crippen LogP contribution is -2.45. The molecule has 1 aliphatic carbocycles. The van der Waals surface area contributed by atoms with Gasteiger partial charge in [-0.1, -0.05) is 27.7 Å². The van der Waals surface area contributed by atoms with Crippen molar-refractivity contribution in [1.82, 2.24) is 0 Å². The summed E-state index contributed by atoms with van der Waals surface area (Å²) >= 11 is 0. The molecule has 0 heteroatoms. The fourth-order valence-electron chi connectivity index (χ4n) is 5.44. The number of rotatable bonds is 0. The van der Waals surface area contributed by atoms with Gasteiger partial charge in [0.1, 0.15) is 0 Å². The minimum absolute atomic E-state index is 0.0849. The van der Waals surface area contributed by atoms with Crippen LogP contribution in [0.5, 0.6) is 0 Å². The third-order valence-electron chi connectivity index (χ3n) is 8.44. The Morgan fingerprint density at radius 1 is 0.346 bits per heavy atom. The Labute approximate surface area is 161 Å². The molecule has 0 amide bonds. The normalized spacial score (nSPS) is 17.1. The van der Waals surface area contributed by atoms with Crippen LogP contribution in [0.25, 0.3) is 11.1 Å². The lowest BCUT2D eigenvalue weighted by Gasteiger charge is -2.51. The molecule has 0 atom stereocenters. The molecule has 0 radical (unpaired) electrons. The van der Waals surface area contributed by atoms with Crippen molar-refractivity contribution in [2.75, 3.05) is 0 Å². The van der Waals surface area contributed by atoms with Crippen LogP contribution < -0.4 is 0 Å². The van der Waals surface area contributed by atoms with E-state index >= 15 is 0 Å². The number of hydrogen-bond acceptors (Lipinski definition) is 0. The molecule has 0 fully saturated rings. The Kier molecular flexibility index (Phi) is 4.04. The Bertz CT molecular complexity index is 870. The molecule has 0 saturated carbocycles. The minimum Gasteiger partial charge on any atom is -0.0549 e. The van der Waals surface area contributed by atoms with E-state index in [9.17, 15) is 0 Å². The molecular weight excluding hydrogens is 312 g/mol. The third kappa shape index (κ3) is 2.02. The van der Waals surface area contributed by atoms with Crippen LogP contribution >= 0.6 is 0 Å². The first-order valence-corrected chi connectivity index (χ1v) is 10.0. The standard InChI is InChI=1S/C26H36/c1-13-15(3)19(7)23-21(17(13)5)22-18(6)14(2)16(4)20(8)24(22)26(11,12)25(23,9)10/h1-12H3. The van der Waals surface area contributed by atoms with Crippen molar-refractivity contribution in [1.29, 1.82) is 0 Å². The van der Waals surface area contributed by atoms with Gasteiger partial charge in [0.05, 0.1) is 0 Å². The van der Waals surface area contributed by atoms with Crippen molar-refractivity contribution < 1.29 is 0 Å². The molecule has 3 rings (SSSR count). The first kappa shape index (κ1) is 19.2. The summed E-state index contributed by atoms with van der Waals surface area (Å²) in [4.78, 5) is 0. The molecule has 0 bridgehead atoms. The highest BCUT2D eigenvalue weighted by Crippen LogP contribution is 2.58. The van der Waals surface area contributed by atoms with Gasteiger partial charge in [0.15, 0.2) is 0 Å². The Hall–Kier alpha value is -1.56. The highest BCUT2D eigenvalue weighted by Gasteiger charge is 2.49. The zero-order chi connectivity index (χ0) is 19.9. The maximum Gasteiger partial charge on any atom is -0.000275 e. The molecule has 26 heavy (non-hydrogen) atoms. The summed E-state index contributed by atoms with van der Waals surface area (Å²) in [5, 5.41) is 0. The third-order valence-corrected chi connectivity index (χ3v) is 8.44. The predicted octanol–water partition coefficient (Wildman–Crippen LogP) is 7.39. The van der Waals surface area contributed by atoms with Crippen molar-refractivity contribution >= 4 is 0 Å². The first-order chi connectivity index (χ1) is 11.8. The summed E-state index contributed by atoms with van der Waals surface area (Å²) in [6.45, 7) is 28.4. The maximum atomic E-state index is 2.46. The molecule has 0 unspecified atom stereocenters. The highest BCUT2D eigenvalue weighted by atomic mass is 14.5. The Morgan fingerprint density at radius 2 is 0.577 bits per heavy atom. The van der Waals surface area contributed by atoms with Crippen molar-refractivity contribution in [2.24, 2.45) is 0 Å². The van der Waals surface area contributed by atoms with Gasteiger partial charge in [0, 0.05) is 0 Å². The molecular formula is C26H36. The van der Waals surface area contributed by atoms with Crippen molar-refractivity contribution in [3.05, 3.63) is 55.6 Å². The van der Waals surface area contributed by atoms with Gasteiger partial charge in [0.2, 0.25) is 0 Å².